The van der Waals surface area contributed by atoms with Crippen LogP contribution >= 0.6 is 11.8 Å². The molecule has 0 spiro atoms. The van der Waals surface area contributed by atoms with Gasteiger partial charge in [0.15, 0.2) is 0 Å². The Balaban J connectivity index is 1.60. The topological polar surface area (TPSA) is 84.2 Å². The lowest BCUT2D eigenvalue weighted by molar-refractivity contribution is -0.136. The van der Waals surface area contributed by atoms with Crippen molar-refractivity contribution in [3.63, 3.8) is 0 Å². The zero-order valence-electron chi connectivity index (χ0n) is 16.1. The number of rotatable bonds is 8. The minimum absolute atomic E-state index is 0.0494. The molecular formula is C21H18F3N3O3S. The molecule has 0 radical (unpaired) electrons. The molecule has 0 bridgehead atoms. The van der Waals surface area contributed by atoms with E-state index in [4.69, 9.17) is 4.42 Å². The van der Waals surface area contributed by atoms with Crippen molar-refractivity contribution in [2.45, 2.75) is 18.3 Å². The van der Waals surface area contributed by atoms with E-state index in [-0.39, 0.29) is 23.4 Å². The quantitative estimate of drug-likeness (QED) is 0.462. The van der Waals surface area contributed by atoms with Gasteiger partial charge in [-0.15, -0.1) is 0 Å². The fourth-order valence-corrected chi connectivity index (χ4v) is 3.45. The molecule has 0 unspecified atom stereocenters. The van der Waals surface area contributed by atoms with Crippen molar-refractivity contribution >= 4 is 35.0 Å². The number of carbonyl (C=O) groups excluding carboxylic acids is 2. The molecule has 3 aromatic rings. The van der Waals surface area contributed by atoms with E-state index in [0.717, 1.165) is 17.8 Å². The molecule has 2 aromatic heterocycles. The van der Waals surface area contributed by atoms with Crippen LogP contribution in [0.4, 0.5) is 24.5 Å². The number of aromatic nitrogens is 1. The Morgan fingerprint density at radius 1 is 1.10 bits per heavy atom. The van der Waals surface area contributed by atoms with Crippen LogP contribution in [0.25, 0.3) is 0 Å². The number of amides is 2. The van der Waals surface area contributed by atoms with Gasteiger partial charge in [-0.2, -0.15) is 24.9 Å². The third kappa shape index (κ3) is 6.61. The summed E-state index contributed by atoms with van der Waals surface area (Å²) in [5.74, 6) is -0.104. The zero-order chi connectivity index (χ0) is 22.3. The third-order valence-corrected chi connectivity index (χ3v) is 5.08. The molecule has 0 atom stereocenters. The summed E-state index contributed by atoms with van der Waals surface area (Å²) < 4.78 is 45.3. The number of halogens is 3. The van der Waals surface area contributed by atoms with Gasteiger partial charge in [0.25, 0.3) is 5.91 Å². The Bertz CT molecular complexity index is 1030. The summed E-state index contributed by atoms with van der Waals surface area (Å²) in [6, 6.07) is 10.1. The molecule has 0 saturated carbocycles. The van der Waals surface area contributed by atoms with Crippen LogP contribution in [0.15, 0.2) is 65.6 Å². The lowest BCUT2D eigenvalue weighted by Gasteiger charge is -2.15. The average molecular weight is 449 g/mol. The Morgan fingerprint density at radius 3 is 2.61 bits per heavy atom. The second-order valence-electron chi connectivity index (χ2n) is 6.40. The SMILES string of the molecule is O=C(CCSCc1ccccn1)Nc1ccc(NC(=O)c2ccoc2)cc1C(F)(F)F. The maximum Gasteiger partial charge on any atom is 0.418 e. The highest BCUT2D eigenvalue weighted by Crippen LogP contribution is 2.36. The van der Waals surface area contributed by atoms with E-state index >= 15 is 0 Å². The van der Waals surface area contributed by atoms with E-state index in [0.29, 0.717) is 11.5 Å². The van der Waals surface area contributed by atoms with Crippen LogP contribution in [0, 0.1) is 0 Å². The fraction of sp³-hybridized carbons (Fsp3) is 0.190. The molecule has 1 aromatic carbocycles. The van der Waals surface area contributed by atoms with Crippen molar-refractivity contribution in [1.82, 2.24) is 4.98 Å². The number of thioether (sulfide) groups is 1. The van der Waals surface area contributed by atoms with Gasteiger partial charge in [0, 0.05) is 29.8 Å². The Labute approximate surface area is 180 Å². The number of benzene rings is 1. The largest absolute Gasteiger partial charge is 0.472 e. The number of hydrogen-bond donors (Lipinski definition) is 2. The van der Waals surface area contributed by atoms with E-state index in [1.54, 1.807) is 12.3 Å². The van der Waals surface area contributed by atoms with Crippen molar-refractivity contribution in [3.05, 3.63) is 78.0 Å². The second-order valence-corrected chi connectivity index (χ2v) is 7.50. The molecule has 0 saturated heterocycles. The van der Waals surface area contributed by atoms with Crippen LogP contribution in [0.1, 0.15) is 28.0 Å². The monoisotopic (exact) mass is 449 g/mol. The summed E-state index contributed by atoms with van der Waals surface area (Å²) in [5.41, 5.74) is -0.433. The van der Waals surface area contributed by atoms with Gasteiger partial charge in [-0.05, 0) is 36.4 Å². The molecule has 10 heteroatoms. The van der Waals surface area contributed by atoms with E-state index in [1.165, 1.54) is 36.4 Å². The minimum Gasteiger partial charge on any atom is -0.472 e. The number of hydrogen-bond acceptors (Lipinski definition) is 5. The standard InChI is InChI=1S/C21H18F3N3O3S/c22-21(23,24)17-11-15(26-20(29)14-6-9-30-12-14)4-5-18(17)27-19(28)7-10-31-13-16-3-1-2-8-25-16/h1-6,8-9,11-12H,7,10,13H2,(H,26,29)(H,27,28). The summed E-state index contributed by atoms with van der Waals surface area (Å²) in [5, 5.41) is 4.68. The normalized spacial score (nSPS) is 11.2. The second kappa shape index (κ2) is 10.2. The zero-order valence-corrected chi connectivity index (χ0v) is 16.9. The predicted octanol–water partition coefficient (Wildman–Crippen LogP) is 5.21. The van der Waals surface area contributed by atoms with Gasteiger partial charge < -0.3 is 15.1 Å². The van der Waals surface area contributed by atoms with Crippen molar-refractivity contribution < 1.29 is 27.2 Å². The summed E-state index contributed by atoms with van der Waals surface area (Å²) >= 11 is 1.46. The van der Waals surface area contributed by atoms with Gasteiger partial charge in [0.2, 0.25) is 5.91 Å². The van der Waals surface area contributed by atoms with Gasteiger partial charge in [-0.25, -0.2) is 0 Å². The smallest absolute Gasteiger partial charge is 0.418 e. The maximum absolute atomic E-state index is 13.5. The van der Waals surface area contributed by atoms with Crippen LogP contribution in [0.3, 0.4) is 0 Å². The summed E-state index contributed by atoms with van der Waals surface area (Å²) in [4.78, 5) is 28.3. The van der Waals surface area contributed by atoms with Gasteiger partial charge in [-0.3, -0.25) is 14.6 Å². The molecule has 0 fully saturated rings. The van der Waals surface area contributed by atoms with E-state index < -0.39 is 23.6 Å². The number of nitrogens with one attached hydrogen (secondary N) is 2. The number of pyridine rings is 1. The van der Waals surface area contributed by atoms with Crippen LogP contribution in [0.2, 0.25) is 0 Å². The van der Waals surface area contributed by atoms with Crippen LogP contribution < -0.4 is 10.6 Å². The molecule has 2 N–H and O–H groups in total. The lowest BCUT2D eigenvalue weighted by Crippen LogP contribution is -2.18. The Hall–Kier alpha value is -3.27. The average Bonchev–Trinajstić information content (AvgIpc) is 3.27. The predicted molar refractivity (Wildman–Crippen MR) is 112 cm³/mol. The molecule has 2 amide bonds. The molecule has 162 valence electrons. The summed E-state index contributed by atoms with van der Waals surface area (Å²) in [7, 11) is 0. The summed E-state index contributed by atoms with van der Waals surface area (Å²) in [6.07, 6.45) is -0.535. The molecule has 3 rings (SSSR count). The van der Waals surface area contributed by atoms with Gasteiger partial charge in [0.05, 0.1) is 28.8 Å². The van der Waals surface area contributed by atoms with Crippen LogP contribution in [0.5, 0.6) is 0 Å². The molecule has 6 nitrogen and oxygen atoms in total. The highest BCUT2D eigenvalue weighted by atomic mass is 32.2. The Kier molecular flexibility index (Phi) is 7.35. The molecule has 2 heterocycles. The fourth-order valence-electron chi connectivity index (χ4n) is 2.60. The first-order chi connectivity index (χ1) is 14.8. The van der Waals surface area contributed by atoms with Crippen molar-refractivity contribution in [2.75, 3.05) is 16.4 Å². The van der Waals surface area contributed by atoms with Crippen LogP contribution in [-0.2, 0) is 16.7 Å². The van der Waals surface area contributed by atoms with E-state index in [9.17, 15) is 22.8 Å². The van der Waals surface area contributed by atoms with Gasteiger partial charge >= 0.3 is 6.18 Å². The number of nitrogens with zero attached hydrogens (tertiary/aromatic N) is 1. The molecule has 0 aliphatic heterocycles. The number of furan rings is 1. The molecular weight excluding hydrogens is 431 g/mol. The minimum atomic E-state index is -4.72. The highest BCUT2D eigenvalue weighted by molar-refractivity contribution is 7.98. The first-order valence-corrected chi connectivity index (χ1v) is 10.3. The van der Waals surface area contributed by atoms with Gasteiger partial charge in [-0.1, -0.05) is 6.07 Å². The van der Waals surface area contributed by atoms with E-state index in [2.05, 4.69) is 15.6 Å². The number of carbonyl (C=O) groups is 2. The number of anilines is 2. The molecule has 0 aliphatic carbocycles. The third-order valence-electron chi connectivity index (χ3n) is 4.09. The lowest BCUT2D eigenvalue weighted by atomic mass is 10.1. The summed E-state index contributed by atoms with van der Waals surface area (Å²) in [6.45, 7) is 0. The van der Waals surface area contributed by atoms with Crippen LogP contribution in [-0.4, -0.2) is 22.6 Å². The van der Waals surface area contributed by atoms with Crippen molar-refractivity contribution in [2.24, 2.45) is 0 Å². The maximum atomic E-state index is 13.5. The molecule has 31 heavy (non-hydrogen) atoms. The van der Waals surface area contributed by atoms with Gasteiger partial charge in [0.1, 0.15) is 6.26 Å². The first kappa shape index (κ1) is 22.4. The number of alkyl halides is 3. The van der Waals surface area contributed by atoms with Crippen molar-refractivity contribution in [3.8, 4) is 0 Å². The van der Waals surface area contributed by atoms with E-state index in [1.807, 2.05) is 12.1 Å². The first-order valence-electron chi connectivity index (χ1n) is 9.15. The highest BCUT2D eigenvalue weighted by Gasteiger charge is 2.34. The van der Waals surface area contributed by atoms with Crippen molar-refractivity contribution in [1.29, 1.82) is 0 Å². The molecule has 0 aliphatic rings. The Morgan fingerprint density at radius 2 is 1.94 bits per heavy atom.